The van der Waals surface area contributed by atoms with E-state index in [1.807, 2.05) is 0 Å². The lowest BCUT2D eigenvalue weighted by molar-refractivity contribution is -0.115. The molecule has 0 saturated carbocycles. The first-order chi connectivity index (χ1) is 13.0. The highest BCUT2D eigenvalue weighted by atomic mass is 19.1. The van der Waals surface area contributed by atoms with Crippen molar-refractivity contribution in [2.75, 3.05) is 31.5 Å². The van der Waals surface area contributed by atoms with Crippen molar-refractivity contribution < 1.29 is 18.8 Å². The van der Waals surface area contributed by atoms with E-state index >= 15 is 0 Å². The quantitative estimate of drug-likeness (QED) is 0.882. The molecule has 0 aliphatic carbocycles. The molecule has 4 rings (SSSR count). The number of hydrogen-bond donors (Lipinski definition) is 1. The van der Waals surface area contributed by atoms with Crippen molar-refractivity contribution in [1.29, 1.82) is 0 Å². The second-order valence-electron chi connectivity index (χ2n) is 6.66. The highest BCUT2D eigenvalue weighted by Gasteiger charge is 2.27. The minimum Gasteiger partial charge on any atom is -0.335 e. The Morgan fingerprint density at radius 2 is 1.59 bits per heavy atom. The number of hydrogen-bond acceptors (Lipinski definition) is 3. The van der Waals surface area contributed by atoms with E-state index in [-0.39, 0.29) is 29.7 Å². The van der Waals surface area contributed by atoms with Gasteiger partial charge in [-0.1, -0.05) is 12.1 Å². The van der Waals surface area contributed by atoms with Crippen molar-refractivity contribution in [2.24, 2.45) is 0 Å². The molecule has 1 fully saturated rings. The number of carbonyl (C=O) groups is 3. The number of nitrogens with zero attached hydrogens (tertiary/aromatic N) is 2. The van der Waals surface area contributed by atoms with Crippen LogP contribution < -0.4 is 5.32 Å². The first-order valence-electron chi connectivity index (χ1n) is 8.79. The van der Waals surface area contributed by atoms with Crippen molar-refractivity contribution >= 4 is 23.4 Å². The van der Waals surface area contributed by atoms with Gasteiger partial charge in [-0.2, -0.15) is 0 Å². The average molecular weight is 367 g/mol. The maximum absolute atomic E-state index is 13.8. The molecular weight excluding hydrogens is 349 g/mol. The molecule has 0 aromatic heterocycles. The Bertz CT molecular complexity index is 936. The van der Waals surface area contributed by atoms with Gasteiger partial charge in [-0.05, 0) is 35.9 Å². The average Bonchev–Trinajstić information content (AvgIpc) is 3.06. The molecule has 2 heterocycles. The molecule has 0 atom stereocenters. The third-order valence-corrected chi connectivity index (χ3v) is 4.94. The summed E-state index contributed by atoms with van der Waals surface area (Å²) in [4.78, 5) is 39.9. The van der Waals surface area contributed by atoms with Gasteiger partial charge in [0, 0.05) is 37.4 Å². The normalized spacial score (nSPS) is 16.1. The van der Waals surface area contributed by atoms with E-state index in [9.17, 15) is 18.8 Å². The van der Waals surface area contributed by atoms with Crippen LogP contribution in [0.4, 0.5) is 10.1 Å². The summed E-state index contributed by atoms with van der Waals surface area (Å²) in [7, 11) is 0. The predicted molar refractivity (Wildman–Crippen MR) is 97.0 cm³/mol. The number of halogens is 1. The molecule has 0 unspecified atom stereocenters. The summed E-state index contributed by atoms with van der Waals surface area (Å²) in [5.74, 6) is -1.10. The molecule has 0 spiro atoms. The largest absolute Gasteiger partial charge is 0.335 e. The van der Waals surface area contributed by atoms with Gasteiger partial charge < -0.3 is 15.1 Å². The van der Waals surface area contributed by atoms with Crippen molar-refractivity contribution in [3.05, 3.63) is 65.0 Å². The Morgan fingerprint density at radius 1 is 0.926 bits per heavy atom. The van der Waals surface area contributed by atoms with Gasteiger partial charge in [-0.3, -0.25) is 14.4 Å². The topological polar surface area (TPSA) is 69.7 Å². The summed E-state index contributed by atoms with van der Waals surface area (Å²) < 4.78 is 13.8. The Kier molecular flexibility index (Phi) is 4.35. The summed E-state index contributed by atoms with van der Waals surface area (Å²) in [5, 5.41) is 2.74. The second-order valence-corrected chi connectivity index (χ2v) is 6.66. The van der Waals surface area contributed by atoms with Crippen LogP contribution in [0.5, 0.6) is 0 Å². The van der Waals surface area contributed by atoms with Crippen LogP contribution in [-0.4, -0.2) is 53.7 Å². The molecule has 2 aliphatic heterocycles. The molecule has 2 aliphatic rings. The van der Waals surface area contributed by atoms with E-state index in [0.29, 0.717) is 31.7 Å². The van der Waals surface area contributed by atoms with E-state index < -0.39 is 5.82 Å². The standard InChI is InChI=1S/C20H18FN3O3/c21-16-4-2-1-3-15(16)20(27)24-9-7-23(8-10-24)19(26)13-5-6-17-14(11-13)12-18(25)22-17/h1-6,11H,7-10,12H2,(H,22,25). The number of fused-ring (bicyclic) bond motifs is 1. The minimum absolute atomic E-state index is 0.0491. The van der Waals surface area contributed by atoms with Crippen LogP contribution in [-0.2, 0) is 11.2 Å². The Balaban J connectivity index is 1.41. The summed E-state index contributed by atoms with van der Waals surface area (Å²) in [5.41, 5.74) is 2.14. The van der Waals surface area contributed by atoms with Crippen molar-refractivity contribution in [1.82, 2.24) is 9.80 Å². The molecule has 2 aromatic carbocycles. The molecule has 7 heteroatoms. The van der Waals surface area contributed by atoms with Crippen LogP contribution in [0.3, 0.4) is 0 Å². The summed E-state index contributed by atoms with van der Waals surface area (Å²) in [6.45, 7) is 1.47. The fraction of sp³-hybridized carbons (Fsp3) is 0.250. The number of piperazine rings is 1. The number of carbonyl (C=O) groups excluding carboxylic acids is 3. The van der Waals surface area contributed by atoms with Crippen LogP contribution in [0.1, 0.15) is 26.3 Å². The molecular formula is C20H18FN3O3. The molecule has 0 bridgehead atoms. The zero-order valence-corrected chi connectivity index (χ0v) is 14.6. The van der Waals surface area contributed by atoms with Crippen molar-refractivity contribution in [2.45, 2.75) is 6.42 Å². The van der Waals surface area contributed by atoms with Crippen LogP contribution >= 0.6 is 0 Å². The van der Waals surface area contributed by atoms with Gasteiger partial charge in [0.2, 0.25) is 5.91 Å². The Morgan fingerprint density at radius 3 is 2.30 bits per heavy atom. The lowest BCUT2D eigenvalue weighted by atomic mass is 10.1. The zero-order valence-electron chi connectivity index (χ0n) is 14.6. The lowest BCUT2D eigenvalue weighted by Gasteiger charge is -2.35. The first-order valence-corrected chi connectivity index (χ1v) is 8.79. The monoisotopic (exact) mass is 367 g/mol. The molecule has 2 aromatic rings. The zero-order chi connectivity index (χ0) is 19.0. The summed E-state index contributed by atoms with van der Waals surface area (Å²) in [6.07, 6.45) is 0.279. The van der Waals surface area contributed by atoms with Gasteiger partial charge in [-0.15, -0.1) is 0 Å². The molecule has 0 radical (unpaired) electrons. The van der Waals surface area contributed by atoms with Gasteiger partial charge >= 0.3 is 0 Å². The van der Waals surface area contributed by atoms with Gasteiger partial charge in [0.25, 0.3) is 11.8 Å². The second kappa shape index (κ2) is 6.83. The van der Waals surface area contributed by atoms with Gasteiger partial charge in [0.05, 0.1) is 12.0 Å². The lowest BCUT2D eigenvalue weighted by Crippen LogP contribution is -2.50. The molecule has 27 heavy (non-hydrogen) atoms. The molecule has 6 nitrogen and oxygen atoms in total. The minimum atomic E-state index is -0.540. The SMILES string of the molecule is O=C1Cc2cc(C(=O)N3CCN(C(=O)c4ccccc4F)CC3)ccc2N1. The molecule has 1 N–H and O–H groups in total. The van der Waals surface area contributed by atoms with Gasteiger partial charge in [0.1, 0.15) is 5.82 Å². The maximum atomic E-state index is 13.8. The highest BCUT2D eigenvalue weighted by molar-refractivity contribution is 6.01. The van der Waals surface area contributed by atoms with Crippen LogP contribution in [0.15, 0.2) is 42.5 Å². The number of amides is 3. The van der Waals surface area contributed by atoms with E-state index in [1.165, 1.54) is 12.1 Å². The van der Waals surface area contributed by atoms with Gasteiger partial charge in [0.15, 0.2) is 0 Å². The number of nitrogens with one attached hydrogen (secondary N) is 1. The third kappa shape index (κ3) is 3.28. The summed E-state index contributed by atoms with van der Waals surface area (Å²) >= 11 is 0. The third-order valence-electron chi connectivity index (χ3n) is 4.94. The van der Waals surface area contributed by atoms with Crippen molar-refractivity contribution in [3.63, 3.8) is 0 Å². The fourth-order valence-electron chi connectivity index (χ4n) is 3.46. The van der Waals surface area contributed by atoms with E-state index in [4.69, 9.17) is 0 Å². The predicted octanol–water partition coefficient (Wildman–Crippen LogP) is 1.92. The fourth-order valence-corrected chi connectivity index (χ4v) is 3.46. The van der Waals surface area contributed by atoms with Gasteiger partial charge in [-0.25, -0.2) is 4.39 Å². The number of anilines is 1. The Hall–Kier alpha value is -3.22. The number of rotatable bonds is 2. The van der Waals surface area contributed by atoms with E-state index in [0.717, 1.165) is 11.3 Å². The van der Waals surface area contributed by atoms with E-state index in [2.05, 4.69) is 5.32 Å². The molecule has 3 amide bonds. The maximum Gasteiger partial charge on any atom is 0.256 e. The number of benzene rings is 2. The summed E-state index contributed by atoms with van der Waals surface area (Å²) in [6, 6.07) is 11.1. The van der Waals surface area contributed by atoms with Crippen LogP contribution in [0.2, 0.25) is 0 Å². The first kappa shape index (κ1) is 17.2. The Labute approximate surface area is 155 Å². The van der Waals surface area contributed by atoms with Crippen LogP contribution in [0.25, 0.3) is 0 Å². The smallest absolute Gasteiger partial charge is 0.256 e. The van der Waals surface area contributed by atoms with Crippen LogP contribution in [0, 0.1) is 5.82 Å². The van der Waals surface area contributed by atoms with E-state index in [1.54, 1.807) is 40.1 Å². The van der Waals surface area contributed by atoms with Crippen molar-refractivity contribution in [3.8, 4) is 0 Å². The molecule has 1 saturated heterocycles. The molecule has 138 valence electrons. The highest BCUT2D eigenvalue weighted by Crippen LogP contribution is 2.24.